The Bertz CT molecular complexity index is 431. The van der Waals surface area contributed by atoms with E-state index in [-0.39, 0.29) is 41.5 Å². The van der Waals surface area contributed by atoms with Gasteiger partial charge in [-0.2, -0.15) is 0 Å². The van der Waals surface area contributed by atoms with Gasteiger partial charge in [0.2, 0.25) is 0 Å². The molecule has 0 aliphatic carbocycles. The largest absolute Gasteiger partial charge is 0.378 e. The van der Waals surface area contributed by atoms with E-state index in [9.17, 15) is 10.1 Å². The van der Waals surface area contributed by atoms with E-state index >= 15 is 0 Å². The highest BCUT2D eigenvalue weighted by Crippen LogP contribution is 2.34. The predicted molar refractivity (Wildman–Crippen MR) is 75.5 cm³/mol. The molecule has 0 fully saturated rings. The van der Waals surface area contributed by atoms with Crippen LogP contribution < -0.4 is 11.1 Å². The quantitative estimate of drug-likeness (QED) is 0.605. The molecule has 1 aliphatic rings. The van der Waals surface area contributed by atoms with Crippen LogP contribution in [-0.4, -0.2) is 17.5 Å². The van der Waals surface area contributed by atoms with E-state index in [0.717, 1.165) is 5.56 Å². The minimum absolute atomic E-state index is 0. The van der Waals surface area contributed by atoms with Crippen LogP contribution in [0.2, 0.25) is 0 Å². The summed E-state index contributed by atoms with van der Waals surface area (Å²) in [6.45, 7) is 0.579. The minimum Gasteiger partial charge on any atom is -0.378 e. The number of nitrogens with one attached hydrogen (secondary N) is 1. The lowest BCUT2D eigenvalue weighted by molar-refractivity contribution is -0.384. The van der Waals surface area contributed by atoms with Crippen LogP contribution in [-0.2, 0) is 6.42 Å². The van der Waals surface area contributed by atoms with Crippen molar-refractivity contribution in [2.24, 2.45) is 5.73 Å². The second-order valence-electron chi connectivity index (χ2n) is 3.56. The van der Waals surface area contributed by atoms with Gasteiger partial charge in [-0.15, -0.1) is 24.8 Å². The molecule has 1 heterocycles. The average molecular weight is 345 g/mol. The maximum Gasteiger partial charge on any atom is 0.293 e. The van der Waals surface area contributed by atoms with Crippen LogP contribution in [0.3, 0.4) is 0 Å². The third-order valence-electron chi connectivity index (χ3n) is 2.38. The number of fused-ring (bicyclic) bond motifs is 1. The summed E-state index contributed by atoms with van der Waals surface area (Å²) in [5.41, 5.74) is 7.38. The average Bonchev–Trinajstić information content (AvgIpc) is 2.15. The molecule has 1 aromatic rings. The Morgan fingerprint density at radius 2 is 2.12 bits per heavy atom. The molecular weight excluding hydrogens is 333 g/mol. The molecule has 96 valence electrons. The summed E-state index contributed by atoms with van der Waals surface area (Å²) in [5.74, 6) is 0. The molecule has 1 aliphatic heterocycles. The Morgan fingerprint density at radius 1 is 1.47 bits per heavy atom. The van der Waals surface area contributed by atoms with Gasteiger partial charge in [-0.1, -0.05) is 15.9 Å². The van der Waals surface area contributed by atoms with Crippen LogP contribution in [0.25, 0.3) is 0 Å². The van der Waals surface area contributed by atoms with Crippen molar-refractivity contribution in [2.75, 3.05) is 11.9 Å². The zero-order chi connectivity index (χ0) is 11.0. The van der Waals surface area contributed by atoms with Crippen LogP contribution in [0, 0.1) is 10.1 Å². The first-order valence-corrected chi connectivity index (χ1v) is 5.33. The molecule has 0 aromatic heterocycles. The van der Waals surface area contributed by atoms with Gasteiger partial charge in [-0.05, 0) is 18.1 Å². The van der Waals surface area contributed by atoms with E-state index in [0.29, 0.717) is 23.1 Å². The summed E-state index contributed by atoms with van der Waals surface area (Å²) < 4.78 is 0.712. The highest BCUT2D eigenvalue weighted by Gasteiger charge is 2.24. The Labute approximate surface area is 119 Å². The van der Waals surface area contributed by atoms with Crippen LogP contribution in [0.5, 0.6) is 0 Å². The molecule has 1 aromatic carbocycles. The van der Waals surface area contributed by atoms with Gasteiger partial charge in [0.15, 0.2) is 0 Å². The lowest BCUT2D eigenvalue weighted by Gasteiger charge is -2.23. The van der Waals surface area contributed by atoms with Gasteiger partial charge in [0.05, 0.1) is 4.92 Å². The lowest BCUT2D eigenvalue weighted by Crippen LogP contribution is -2.35. The van der Waals surface area contributed by atoms with Crippen molar-refractivity contribution >= 4 is 52.1 Å². The predicted octanol–water partition coefficient (Wildman–Crippen LogP) is 2.50. The van der Waals surface area contributed by atoms with E-state index < -0.39 is 0 Å². The van der Waals surface area contributed by atoms with Crippen LogP contribution in [0.4, 0.5) is 11.4 Å². The molecule has 0 amide bonds. The van der Waals surface area contributed by atoms with E-state index in [2.05, 4.69) is 21.2 Å². The maximum absolute atomic E-state index is 10.8. The number of benzene rings is 1. The van der Waals surface area contributed by atoms with E-state index in [4.69, 9.17) is 5.73 Å². The standard InChI is InChI=1S/C9H10BrN3O2.2ClH/c10-6-1-5-2-7(11)4-12-9(5)8(3-6)13(14)15;;/h1,3,7,12H,2,4,11H2;2*1H. The lowest BCUT2D eigenvalue weighted by atomic mass is 9.99. The van der Waals surface area contributed by atoms with E-state index in [1.54, 1.807) is 0 Å². The SMILES string of the molecule is Cl.Cl.NC1CNc2c(cc(Br)cc2[N+](=O)[O-])C1. The van der Waals surface area contributed by atoms with Crippen molar-refractivity contribution in [3.05, 3.63) is 32.3 Å². The molecule has 0 radical (unpaired) electrons. The molecule has 5 nitrogen and oxygen atoms in total. The van der Waals surface area contributed by atoms with Crippen molar-refractivity contribution in [3.63, 3.8) is 0 Å². The molecule has 0 bridgehead atoms. The Balaban J connectivity index is 0.00000128. The van der Waals surface area contributed by atoms with E-state index in [1.165, 1.54) is 6.07 Å². The second-order valence-corrected chi connectivity index (χ2v) is 4.48. The van der Waals surface area contributed by atoms with Gasteiger partial charge in [0, 0.05) is 23.1 Å². The van der Waals surface area contributed by atoms with Crippen molar-refractivity contribution in [3.8, 4) is 0 Å². The number of halogens is 3. The fourth-order valence-corrected chi connectivity index (χ4v) is 2.24. The fourth-order valence-electron chi connectivity index (χ4n) is 1.74. The first kappa shape index (κ1) is 16.4. The number of nitro benzene ring substituents is 1. The van der Waals surface area contributed by atoms with Gasteiger partial charge in [-0.3, -0.25) is 10.1 Å². The third-order valence-corrected chi connectivity index (χ3v) is 2.84. The molecule has 1 atom stereocenters. The number of anilines is 1. The molecule has 0 saturated carbocycles. The number of nitrogens with zero attached hydrogens (tertiary/aromatic N) is 1. The Kier molecular flexibility index (Phi) is 6.18. The van der Waals surface area contributed by atoms with Gasteiger partial charge in [0.25, 0.3) is 5.69 Å². The van der Waals surface area contributed by atoms with Crippen molar-refractivity contribution in [1.82, 2.24) is 0 Å². The molecule has 1 unspecified atom stereocenters. The fraction of sp³-hybridized carbons (Fsp3) is 0.333. The first-order chi connectivity index (χ1) is 7.08. The second kappa shape index (κ2) is 6.39. The van der Waals surface area contributed by atoms with Crippen LogP contribution in [0.15, 0.2) is 16.6 Å². The zero-order valence-electron chi connectivity index (χ0n) is 8.68. The number of nitrogens with two attached hydrogens (primary N) is 1. The number of hydrogen-bond donors (Lipinski definition) is 2. The molecule has 2 rings (SSSR count). The van der Waals surface area contributed by atoms with Crippen molar-refractivity contribution < 1.29 is 4.92 Å². The number of rotatable bonds is 1. The number of nitro groups is 1. The van der Waals surface area contributed by atoms with E-state index in [1.807, 2.05) is 6.07 Å². The monoisotopic (exact) mass is 343 g/mol. The molecule has 0 spiro atoms. The Morgan fingerprint density at radius 3 is 2.71 bits per heavy atom. The molecule has 8 heteroatoms. The van der Waals surface area contributed by atoms with Gasteiger partial charge in [0.1, 0.15) is 5.69 Å². The summed E-state index contributed by atoms with van der Waals surface area (Å²) >= 11 is 3.26. The Hall–Kier alpha value is -0.560. The van der Waals surface area contributed by atoms with Crippen LogP contribution >= 0.6 is 40.7 Å². The van der Waals surface area contributed by atoms with Gasteiger partial charge in [-0.25, -0.2) is 0 Å². The first-order valence-electron chi connectivity index (χ1n) is 4.54. The smallest absolute Gasteiger partial charge is 0.293 e. The highest BCUT2D eigenvalue weighted by atomic mass is 79.9. The molecule has 17 heavy (non-hydrogen) atoms. The van der Waals surface area contributed by atoms with Gasteiger partial charge < -0.3 is 11.1 Å². The zero-order valence-corrected chi connectivity index (χ0v) is 11.9. The third kappa shape index (κ3) is 3.45. The van der Waals surface area contributed by atoms with Gasteiger partial charge >= 0.3 is 0 Å². The normalized spacial score (nSPS) is 16.9. The van der Waals surface area contributed by atoms with Crippen molar-refractivity contribution in [2.45, 2.75) is 12.5 Å². The highest BCUT2D eigenvalue weighted by molar-refractivity contribution is 9.10. The summed E-state index contributed by atoms with van der Waals surface area (Å²) in [7, 11) is 0. The summed E-state index contributed by atoms with van der Waals surface area (Å²) in [4.78, 5) is 10.4. The van der Waals surface area contributed by atoms with Crippen LogP contribution in [0.1, 0.15) is 5.56 Å². The number of hydrogen-bond acceptors (Lipinski definition) is 4. The summed E-state index contributed by atoms with van der Waals surface area (Å²) in [6, 6.07) is 3.39. The minimum atomic E-state index is -0.382. The molecular formula is C9H12BrCl2N3O2. The molecule has 0 saturated heterocycles. The van der Waals surface area contributed by atoms with Crippen molar-refractivity contribution in [1.29, 1.82) is 0 Å². The summed E-state index contributed by atoms with van der Waals surface area (Å²) in [6.07, 6.45) is 0.669. The summed E-state index contributed by atoms with van der Waals surface area (Å²) in [5, 5.41) is 13.8. The maximum atomic E-state index is 10.8. The molecule has 3 N–H and O–H groups in total. The topological polar surface area (TPSA) is 81.2 Å².